The molecular formula is C13H16Cl2N2O2. The standard InChI is InChI=1S/C13H16Cl2N2O2/c1-17(8-13(19)4-2-3-5-13)12(18)9-6-11(15)16-7-10(9)14/h6-7,19H,2-5,8H2,1H3. The quantitative estimate of drug-likeness (QED) is 0.874. The summed E-state index contributed by atoms with van der Waals surface area (Å²) in [5.41, 5.74) is -0.459. The van der Waals surface area contributed by atoms with Gasteiger partial charge in [-0.1, -0.05) is 36.0 Å². The number of likely N-dealkylation sites (N-methyl/N-ethyl adjacent to an activating group) is 1. The largest absolute Gasteiger partial charge is 0.388 e. The predicted molar refractivity (Wildman–Crippen MR) is 74.6 cm³/mol. The molecule has 104 valence electrons. The summed E-state index contributed by atoms with van der Waals surface area (Å²) < 4.78 is 0. The van der Waals surface area contributed by atoms with Gasteiger partial charge in [0.15, 0.2) is 0 Å². The van der Waals surface area contributed by atoms with E-state index in [1.165, 1.54) is 17.2 Å². The van der Waals surface area contributed by atoms with Crippen molar-refractivity contribution >= 4 is 29.1 Å². The maximum absolute atomic E-state index is 12.3. The Kier molecular flexibility index (Phi) is 4.33. The molecule has 1 fully saturated rings. The van der Waals surface area contributed by atoms with Gasteiger partial charge in [0, 0.05) is 19.8 Å². The average Bonchev–Trinajstić information content (AvgIpc) is 2.78. The van der Waals surface area contributed by atoms with E-state index in [2.05, 4.69) is 4.98 Å². The molecule has 4 nitrogen and oxygen atoms in total. The van der Waals surface area contributed by atoms with E-state index < -0.39 is 5.60 Å². The first kappa shape index (κ1) is 14.6. The molecular weight excluding hydrogens is 287 g/mol. The average molecular weight is 303 g/mol. The second-order valence-corrected chi connectivity index (χ2v) is 5.87. The lowest BCUT2D eigenvalue weighted by Crippen LogP contribution is -2.42. The van der Waals surface area contributed by atoms with Gasteiger partial charge in [0.25, 0.3) is 5.91 Å². The highest BCUT2D eigenvalue weighted by atomic mass is 35.5. The first-order valence-electron chi connectivity index (χ1n) is 6.20. The van der Waals surface area contributed by atoms with Crippen molar-refractivity contribution in [2.24, 2.45) is 0 Å². The van der Waals surface area contributed by atoms with Crippen molar-refractivity contribution in [3.63, 3.8) is 0 Å². The summed E-state index contributed by atoms with van der Waals surface area (Å²) in [6.07, 6.45) is 4.82. The Bertz CT molecular complexity index is 488. The molecule has 0 spiro atoms. The molecule has 1 heterocycles. The lowest BCUT2D eigenvalue weighted by atomic mass is 10.0. The summed E-state index contributed by atoms with van der Waals surface area (Å²) in [6, 6.07) is 1.45. The highest BCUT2D eigenvalue weighted by Crippen LogP contribution is 2.30. The number of carbonyl (C=O) groups is 1. The van der Waals surface area contributed by atoms with Crippen LogP contribution in [-0.2, 0) is 0 Å². The Balaban J connectivity index is 2.12. The Morgan fingerprint density at radius 2 is 2.11 bits per heavy atom. The van der Waals surface area contributed by atoms with E-state index in [1.807, 2.05) is 0 Å². The molecule has 1 N–H and O–H groups in total. The van der Waals surface area contributed by atoms with Gasteiger partial charge >= 0.3 is 0 Å². The molecule has 1 amide bonds. The summed E-state index contributed by atoms with van der Waals surface area (Å²) in [7, 11) is 1.66. The summed E-state index contributed by atoms with van der Waals surface area (Å²) in [6.45, 7) is 0.308. The second-order valence-electron chi connectivity index (χ2n) is 5.08. The molecule has 1 aliphatic rings. The van der Waals surface area contributed by atoms with Crippen molar-refractivity contribution < 1.29 is 9.90 Å². The van der Waals surface area contributed by atoms with Crippen molar-refractivity contribution in [2.75, 3.05) is 13.6 Å². The summed E-state index contributed by atoms with van der Waals surface area (Å²) in [4.78, 5) is 17.6. The third-order valence-corrected chi connectivity index (χ3v) is 3.97. The number of pyridine rings is 1. The minimum Gasteiger partial charge on any atom is -0.388 e. The van der Waals surface area contributed by atoms with Gasteiger partial charge in [0.2, 0.25) is 0 Å². The van der Waals surface area contributed by atoms with Crippen molar-refractivity contribution in [3.05, 3.63) is 28.0 Å². The summed E-state index contributed by atoms with van der Waals surface area (Å²) in [5.74, 6) is -0.255. The van der Waals surface area contributed by atoms with Crippen molar-refractivity contribution in [1.29, 1.82) is 0 Å². The number of nitrogens with zero attached hydrogens (tertiary/aromatic N) is 2. The normalized spacial score (nSPS) is 17.5. The van der Waals surface area contributed by atoms with Gasteiger partial charge < -0.3 is 10.0 Å². The molecule has 2 rings (SSSR count). The fourth-order valence-electron chi connectivity index (χ4n) is 2.49. The third-order valence-electron chi connectivity index (χ3n) is 3.46. The SMILES string of the molecule is CN(CC1(O)CCCC1)C(=O)c1cc(Cl)ncc1Cl. The molecule has 1 aliphatic carbocycles. The van der Waals surface area contributed by atoms with Crippen LogP contribution in [0.15, 0.2) is 12.3 Å². The number of aromatic nitrogens is 1. The molecule has 1 saturated carbocycles. The Morgan fingerprint density at radius 3 is 2.74 bits per heavy atom. The number of amides is 1. The van der Waals surface area contributed by atoms with Crippen LogP contribution in [0.3, 0.4) is 0 Å². The molecule has 19 heavy (non-hydrogen) atoms. The van der Waals surface area contributed by atoms with E-state index in [9.17, 15) is 9.90 Å². The van der Waals surface area contributed by atoms with Crippen LogP contribution >= 0.6 is 23.2 Å². The number of carbonyl (C=O) groups excluding carboxylic acids is 1. The summed E-state index contributed by atoms with van der Waals surface area (Å²) in [5, 5.41) is 10.8. The fraction of sp³-hybridized carbons (Fsp3) is 0.538. The Labute approximate surface area is 122 Å². The van der Waals surface area contributed by atoms with Crippen LogP contribution in [0.1, 0.15) is 36.0 Å². The zero-order chi connectivity index (χ0) is 14.0. The molecule has 6 heteroatoms. The Hall–Kier alpha value is -0.840. The van der Waals surface area contributed by atoms with E-state index >= 15 is 0 Å². The van der Waals surface area contributed by atoms with Crippen LogP contribution in [0.5, 0.6) is 0 Å². The van der Waals surface area contributed by atoms with E-state index in [-0.39, 0.29) is 16.1 Å². The molecule has 0 aliphatic heterocycles. The minimum atomic E-state index is -0.770. The number of hydrogen-bond acceptors (Lipinski definition) is 3. The van der Waals surface area contributed by atoms with Crippen molar-refractivity contribution in [1.82, 2.24) is 9.88 Å². The van der Waals surface area contributed by atoms with Crippen LogP contribution in [0.2, 0.25) is 10.2 Å². The van der Waals surface area contributed by atoms with Crippen molar-refractivity contribution in [2.45, 2.75) is 31.3 Å². The number of rotatable bonds is 3. The van der Waals surface area contributed by atoms with E-state index in [0.29, 0.717) is 12.1 Å². The Morgan fingerprint density at radius 1 is 1.47 bits per heavy atom. The monoisotopic (exact) mass is 302 g/mol. The number of aliphatic hydroxyl groups is 1. The number of halogens is 2. The third kappa shape index (κ3) is 3.38. The zero-order valence-corrected chi connectivity index (χ0v) is 12.2. The van der Waals surface area contributed by atoms with E-state index in [4.69, 9.17) is 23.2 Å². The topological polar surface area (TPSA) is 53.4 Å². The van der Waals surface area contributed by atoms with Crippen LogP contribution in [-0.4, -0.2) is 40.1 Å². The maximum atomic E-state index is 12.3. The minimum absolute atomic E-state index is 0.223. The highest BCUT2D eigenvalue weighted by molar-refractivity contribution is 6.35. The predicted octanol–water partition coefficient (Wildman–Crippen LogP) is 2.77. The van der Waals surface area contributed by atoms with Gasteiger partial charge in [0.1, 0.15) is 5.15 Å². The highest BCUT2D eigenvalue weighted by Gasteiger charge is 2.33. The molecule has 1 aromatic rings. The zero-order valence-electron chi connectivity index (χ0n) is 10.7. The van der Waals surface area contributed by atoms with Gasteiger partial charge in [-0.05, 0) is 18.9 Å². The first-order valence-corrected chi connectivity index (χ1v) is 6.96. The van der Waals surface area contributed by atoms with Crippen LogP contribution in [0.4, 0.5) is 0 Å². The van der Waals surface area contributed by atoms with Gasteiger partial charge in [-0.3, -0.25) is 4.79 Å². The molecule has 0 unspecified atom stereocenters. The van der Waals surface area contributed by atoms with Gasteiger partial charge in [0.05, 0.1) is 16.2 Å². The molecule has 0 radical (unpaired) electrons. The van der Waals surface area contributed by atoms with Gasteiger partial charge in [-0.25, -0.2) is 4.98 Å². The molecule has 0 atom stereocenters. The lowest BCUT2D eigenvalue weighted by Gasteiger charge is -2.28. The lowest BCUT2D eigenvalue weighted by molar-refractivity contribution is 0.0157. The maximum Gasteiger partial charge on any atom is 0.255 e. The smallest absolute Gasteiger partial charge is 0.255 e. The van der Waals surface area contributed by atoms with Crippen molar-refractivity contribution in [3.8, 4) is 0 Å². The second kappa shape index (κ2) is 5.65. The van der Waals surface area contributed by atoms with Crippen LogP contribution < -0.4 is 0 Å². The first-order chi connectivity index (χ1) is 8.91. The fourth-order valence-corrected chi connectivity index (χ4v) is 2.83. The van der Waals surface area contributed by atoms with Gasteiger partial charge in [-0.15, -0.1) is 0 Å². The summed E-state index contributed by atoms with van der Waals surface area (Å²) >= 11 is 11.7. The molecule has 0 saturated heterocycles. The van der Waals surface area contributed by atoms with Crippen LogP contribution in [0, 0.1) is 0 Å². The molecule has 1 aromatic heterocycles. The molecule has 0 aromatic carbocycles. The van der Waals surface area contributed by atoms with E-state index in [1.54, 1.807) is 7.05 Å². The molecule has 0 bridgehead atoms. The van der Waals surface area contributed by atoms with Gasteiger partial charge in [-0.2, -0.15) is 0 Å². The van der Waals surface area contributed by atoms with E-state index in [0.717, 1.165) is 25.7 Å². The van der Waals surface area contributed by atoms with Crippen LogP contribution in [0.25, 0.3) is 0 Å². The number of hydrogen-bond donors (Lipinski definition) is 1.